The zero-order valence-corrected chi connectivity index (χ0v) is 20.6. The number of pyridine rings is 1. The minimum atomic E-state index is -2.24. The van der Waals surface area contributed by atoms with E-state index in [0.29, 0.717) is 41.0 Å². The molecule has 0 bridgehead atoms. The molecule has 0 saturated heterocycles. The number of aliphatic carboxylic acids is 1. The number of aromatic nitrogens is 1. The fourth-order valence-corrected chi connectivity index (χ4v) is 4.67. The van der Waals surface area contributed by atoms with E-state index in [1.807, 2.05) is 37.3 Å². The van der Waals surface area contributed by atoms with Crippen molar-refractivity contribution in [2.24, 2.45) is 0 Å². The Labute approximate surface area is 205 Å². The van der Waals surface area contributed by atoms with Crippen molar-refractivity contribution in [2.75, 3.05) is 13.6 Å². The molecular weight excluding hydrogens is 470 g/mol. The topological polar surface area (TPSA) is 133 Å². The van der Waals surface area contributed by atoms with Crippen molar-refractivity contribution in [2.45, 2.75) is 51.5 Å². The summed E-state index contributed by atoms with van der Waals surface area (Å²) in [5.41, 5.74) is 4.14. The number of benzene rings is 1. The van der Waals surface area contributed by atoms with E-state index >= 15 is 0 Å². The molecule has 0 radical (unpaired) electrons. The molecule has 1 fully saturated rings. The van der Waals surface area contributed by atoms with Crippen molar-refractivity contribution in [1.82, 2.24) is 14.6 Å². The number of aryl methyl sites for hydroxylation is 1. The van der Waals surface area contributed by atoms with Gasteiger partial charge in [0.15, 0.2) is 0 Å². The van der Waals surface area contributed by atoms with Gasteiger partial charge in [-0.05, 0) is 50.2 Å². The summed E-state index contributed by atoms with van der Waals surface area (Å²) in [5, 5.41) is 12.1. The van der Waals surface area contributed by atoms with Crippen LogP contribution in [0.5, 0.6) is 0 Å². The monoisotopic (exact) mass is 499 g/mol. The van der Waals surface area contributed by atoms with E-state index in [1.54, 1.807) is 7.05 Å². The molecule has 0 spiro atoms. The number of carboxylic acids is 1. The Morgan fingerprint density at radius 3 is 2.54 bits per heavy atom. The number of carbonyl (C=O) groups is 2. The summed E-state index contributed by atoms with van der Waals surface area (Å²) >= 11 is -2.24. The Kier molecular flexibility index (Phi) is 7.63. The van der Waals surface area contributed by atoms with Gasteiger partial charge in [0.25, 0.3) is 5.91 Å². The third-order valence-electron chi connectivity index (χ3n) is 6.18. The number of fused-ring (bicyclic) bond motifs is 1. The van der Waals surface area contributed by atoms with Gasteiger partial charge in [-0.3, -0.25) is 14.1 Å². The van der Waals surface area contributed by atoms with Crippen molar-refractivity contribution in [3.8, 4) is 11.3 Å². The molecule has 3 aromatic rings. The van der Waals surface area contributed by atoms with Crippen LogP contribution in [0.3, 0.4) is 0 Å². The molecule has 4 rings (SSSR count). The molecule has 2 heterocycles. The molecule has 1 aromatic carbocycles. The largest absolute Gasteiger partial charge is 0.481 e. The molecule has 9 nitrogen and oxygen atoms in total. The molecule has 1 aliphatic rings. The van der Waals surface area contributed by atoms with E-state index in [1.165, 1.54) is 4.31 Å². The van der Waals surface area contributed by atoms with Crippen molar-refractivity contribution < 1.29 is 27.9 Å². The predicted octanol–water partition coefficient (Wildman–Crippen LogP) is 4.23. The van der Waals surface area contributed by atoms with E-state index < -0.39 is 17.2 Å². The van der Waals surface area contributed by atoms with E-state index in [2.05, 4.69) is 5.32 Å². The maximum absolute atomic E-state index is 12.9. The fourth-order valence-electron chi connectivity index (χ4n) is 4.15. The highest BCUT2D eigenvalue weighted by Gasteiger charge is 2.31. The molecule has 186 valence electrons. The number of nitrogens with one attached hydrogen (secondary N) is 1. The standard InChI is InChI=1S/C25H29N3O6S/c1-15-6-8-17(9-7-15)23-22(24(31)26-2)19-13-18(16-10-11-16)20(27-25(19)34-23)14-28(35(32)33)12-4-3-5-21(29)30/h6-9,13,16H,3-5,10-12,14H2,1-2H3,(H,26,31)(H,29,30)(H,32,33). The van der Waals surface area contributed by atoms with Crippen LogP contribution < -0.4 is 5.32 Å². The highest BCUT2D eigenvalue weighted by atomic mass is 32.2. The van der Waals surface area contributed by atoms with Gasteiger partial charge in [-0.1, -0.05) is 29.8 Å². The summed E-state index contributed by atoms with van der Waals surface area (Å²) < 4.78 is 29.3. The molecule has 2 aromatic heterocycles. The van der Waals surface area contributed by atoms with Crippen LogP contribution in [0.25, 0.3) is 22.4 Å². The van der Waals surface area contributed by atoms with Gasteiger partial charge >= 0.3 is 5.97 Å². The van der Waals surface area contributed by atoms with Crippen LogP contribution in [-0.4, -0.2) is 48.6 Å². The maximum Gasteiger partial charge on any atom is 0.303 e. The fraction of sp³-hybridized carbons (Fsp3) is 0.400. The van der Waals surface area contributed by atoms with Crippen LogP contribution in [0, 0.1) is 6.92 Å². The van der Waals surface area contributed by atoms with Crippen molar-refractivity contribution in [3.63, 3.8) is 0 Å². The molecule has 35 heavy (non-hydrogen) atoms. The summed E-state index contributed by atoms with van der Waals surface area (Å²) in [6, 6.07) is 9.63. The van der Waals surface area contributed by atoms with Crippen LogP contribution in [-0.2, 0) is 22.6 Å². The number of unbranched alkanes of at least 4 members (excludes halogenated alkanes) is 1. The zero-order chi connectivity index (χ0) is 25.1. The Morgan fingerprint density at radius 2 is 1.94 bits per heavy atom. The van der Waals surface area contributed by atoms with Crippen molar-refractivity contribution in [1.29, 1.82) is 0 Å². The lowest BCUT2D eigenvalue weighted by atomic mass is 10.0. The van der Waals surface area contributed by atoms with Gasteiger partial charge in [0.05, 0.1) is 23.2 Å². The molecule has 1 amide bonds. The Morgan fingerprint density at radius 1 is 1.23 bits per heavy atom. The smallest absolute Gasteiger partial charge is 0.303 e. The third kappa shape index (κ3) is 5.77. The van der Waals surface area contributed by atoms with Gasteiger partial charge in [0.2, 0.25) is 17.0 Å². The summed E-state index contributed by atoms with van der Waals surface area (Å²) in [7, 11) is 1.57. The van der Waals surface area contributed by atoms with E-state index in [9.17, 15) is 18.4 Å². The van der Waals surface area contributed by atoms with Crippen molar-refractivity contribution >= 4 is 34.2 Å². The van der Waals surface area contributed by atoms with E-state index in [-0.39, 0.29) is 31.3 Å². The van der Waals surface area contributed by atoms with Crippen LogP contribution in [0.2, 0.25) is 0 Å². The molecule has 1 aliphatic carbocycles. The normalized spacial score (nSPS) is 14.4. The number of hydrogen-bond acceptors (Lipinski definition) is 5. The van der Waals surface area contributed by atoms with Crippen LogP contribution in [0.15, 0.2) is 34.7 Å². The second kappa shape index (κ2) is 10.7. The number of amides is 1. The number of carbonyl (C=O) groups excluding carboxylic acids is 1. The Hall–Kier alpha value is -3.08. The van der Waals surface area contributed by atoms with Gasteiger partial charge < -0.3 is 14.8 Å². The molecule has 1 atom stereocenters. The number of furan rings is 1. The predicted molar refractivity (Wildman–Crippen MR) is 132 cm³/mol. The molecular formula is C25H29N3O6S. The number of carboxylic acid groups (broad SMARTS) is 1. The van der Waals surface area contributed by atoms with Gasteiger partial charge in [-0.15, -0.1) is 0 Å². The SMILES string of the molecule is CNC(=O)c1c(-c2ccc(C)cc2)oc2nc(CN(CCCCC(=O)O)S(=O)O)c(C3CC3)cc12. The molecule has 0 aliphatic heterocycles. The molecule has 1 unspecified atom stereocenters. The summed E-state index contributed by atoms with van der Waals surface area (Å²) in [6.07, 6.45) is 2.87. The van der Waals surface area contributed by atoms with Crippen molar-refractivity contribution in [3.05, 3.63) is 52.7 Å². The van der Waals surface area contributed by atoms with Gasteiger partial charge in [-0.2, -0.15) is 4.31 Å². The lowest BCUT2D eigenvalue weighted by Gasteiger charge is -2.18. The third-order valence-corrected chi connectivity index (χ3v) is 6.93. The lowest BCUT2D eigenvalue weighted by Crippen LogP contribution is -2.27. The molecule has 3 N–H and O–H groups in total. The van der Waals surface area contributed by atoms with Crippen LogP contribution >= 0.6 is 0 Å². The minimum Gasteiger partial charge on any atom is -0.481 e. The molecule has 10 heteroatoms. The summed E-state index contributed by atoms with van der Waals surface area (Å²) in [5.74, 6) is -0.453. The lowest BCUT2D eigenvalue weighted by molar-refractivity contribution is -0.137. The number of nitrogens with zero attached hydrogens (tertiary/aromatic N) is 2. The quantitative estimate of drug-likeness (QED) is 0.265. The average Bonchev–Trinajstić information content (AvgIpc) is 3.60. The van der Waals surface area contributed by atoms with Crippen LogP contribution in [0.4, 0.5) is 0 Å². The summed E-state index contributed by atoms with van der Waals surface area (Å²) in [6.45, 7) is 2.36. The highest BCUT2D eigenvalue weighted by molar-refractivity contribution is 7.76. The average molecular weight is 500 g/mol. The Balaban J connectivity index is 1.73. The maximum atomic E-state index is 12.9. The molecule has 1 saturated carbocycles. The summed E-state index contributed by atoms with van der Waals surface area (Å²) in [4.78, 5) is 28.4. The first-order valence-corrected chi connectivity index (χ1v) is 12.7. The Bertz CT molecular complexity index is 1270. The minimum absolute atomic E-state index is 0.0138. The first kappa shape index (κ1) is 25.0. The van der Waals surface area contributed by atoms with E-state index in [4.69, 9.17) is 14.5 Å². The number of hydrogen-bond donors (Lipinski definition) is 3. The second-order valence-corrected chi connectivity index (χ2v) is 9.83. The second-order valence-electron chi connectivity index (χ2n) is 8.85. The van der Waals surface area contributed by atoms with Crippen LogP contribution in [0.1, 0.15) is 65.2 Å². The van der Waals surface area contributed by atoms with E-state index in [0.717, 1.165) is 29.5 Å². The number of rotatable bonds is 11. The first-order chi connectivity index (χ1) is 16.8. The zero-order valence-electron chi connectivity index (χ0n) is 19.7. The van der Waals surface area contributed by atoms with Gasteiger partial charge in [0.1, 0.15) is 5.76 Å². The van der Waals surface area contributed by atoms with Gasteiger partial charge in [0, 0.05) is 25.6 Å². The van der Waals surface area contributed by atoms with Gasteiger partial charge in [-0.25, -0.2) is 9.19 Å². The first-order valence-electron chi connectivity index (χ1n) is 11.6. The highest BCUT2D eigenvalue weighted by Crippen LogP contribution is 2.44.